The summed E-state index contributed by atoms with van der Waals surface area (Å²) in [5.41, 5.74) is -0.649. The first-order valence-corrected chi connectivity index (χ1v) is 16.1. The summed E-state index contributed by atoms with van der Waals surface area (Å²) in [5, 5.41) is 3.86. The fourth-order valence-corrected chi connectivity index (χ4v) is 9.03. The van der Waals surface area contributed by atoms with Crippen molar-refractivity contribution >= 4 is 63.0 Å². The number of aromatic nitrogens is 1. The van der Waals surface area contributed by atoms with E-state index in [4.69, 9.17) is 4.74 Å². The van der Waals surface area contributed by atoms with Gasteiger partial charge < -0.3 is 10.1 Å². The molecule has 1 fully saturated rings. The number of nitrogens with one attached hydrogen (secondary N) is 1. The van der Waals surface area contributed by atoms with Gasteiger partial charge in [-0.2, -0.15) is 13.2 Å². The number of alkyl halides is 3. The summed E-state index contributed by atoms with van der Waals surface area (Å²) in [5.74, 6) is -3.81. The molecule has 3 amide bonds. The monoisotopic (exact) mass is 675 g/mol. The van der Waals surface area contributed by atoms with Crippen LogP contribution in [0.3, 0.4) is 0 Å². The normalized spacial score (nSPS) is 19.1. The van der Waals surface area contributed by atoms with Gasteiger partial charge in [0.05, 0.1) is 29.3 Å². The summed E-state index contributed by atoms with van der Waals surface area (Å²) < 4.78 is 49.0. The first kappa shape index (κ1) is 30.8. The number of halogens is 3. The maximum Gasteiger partial charge on any atom is 0.418 e. The number of para-hydroxylation sites is 2. The van der Waals surface area contributed by atoms with Gasteiger partial charge in [-0.05, 0) is 41.1 Å². The zero-order valence-corrected chi connectivity index (χ0v) is 26.1. The largest absolute Gasteiger partial charge is 0.496 e. The molecule has 3 atom stereocenters. The summed E-state index contributed by atoms with van der Waals surface area (Å²) in [6.07, 6.45) is -4.82. The third-order valence-electron chi connectivity index (χ3n) is 8.31. The number of rotatable bonds is 6. The van der Waals surface area contributed by atoms with Crippen molar-refractivity contribution < 1.29 is 32.3 Å². The van der Waals surface area contributed by atoms with Gasteiger partial charge in [0.25, 0.3) is 0 Å². The van der Waals surface area contributed by atoms with Crippen LogP contribution in [0.2, 0.25) is 0 Å². The van der Waals surface area contributed by atoms with Crippen molar-refractivity contribution in [3.63, 3.8) is 0 Å². The number of thiazole rings is 1. The number of imide groups is 1. The van der Waals surface area contributed by atoms with Crippen LogP contribution in [-0.2, 0) is 27.1 Å². The Morgan fingerprint density at radius 3 is 2.36 bits per heavy atom. The molecule has 1 N–H and O–H groups in total. The summed E-state index contributed by atoms with van der Waals surface area (Å²) in [6, 6.07) is 24.3. The minimum Gasteiger partial charge on any atom is -0.496 e. The van der Waals surface area contributed by atoms with E-state index in [1.807, 2.05) is 36.4 Å². The molecule has 4 aromatic carbocycles. The van der Waals surface area contributed by atoms with Crippen LogP contribution in [0.4, 0.5) is 24.5 Å². The number of hydrogen-bond acceptors (Lipinski definition) is 7. The van der Waals surface area contributed by atoms with Crippen LogP contribution in [0.15, 0.2) is 101 Å². The Morgan fingerprint density at radius 1 is 0.894 bits per heavy atom. The van der Waals surface area contributed by atoms with Gasteiger partial charge in [0, 0.05) is 22.0 Å². The first-order chi connectivity index (χ1) is 22.6. The average molecular weight is 676 g/mol. The SMILES string of the molecule is COc1ccccc1[C@H]1c2sc(=O)n(CC(=O)Nc3ccc4ccccc4c3)c2SC2C(=O)N(c3ccccc3C(F)(F)F)C(=O)C21. The first-order valence-electron chi connectivity index (χ1n) is 14.4. The van der Waals surface area contributed by atoms with Gasteiger partial charge in [-0.25, -0.2) is 4.90 Å². The number of ether oxygens (including phenoxy) is 1. The number of anilines is 2. The van der Waals surface area contributed by atoms with Gasteiger partial charge in [0.15, 0.2) is 0 Å². The third-order valence-corrected chi connectivity index (χ3v) is 10.9. The number of benzene rings is 4. The second-order valence-electron chi connectivity index (χ2n) is 11.0. The molecule has 3 heterocycles. The molecule has 1 saturated heterocycles. The van der Waals surface area contributed by atoms with Crippen LogP contribution in [0.1, 0.15) is 21.9 Å². The van der Waals surface area contributed by atoms with E-state index in [0.29, 0.717) is 31.8 Å². The summed E-state index contributed by atoms with van der Waals surface area (Å²) >= 11 is 1.75. The fourth-order valence-electron chi connectivity index (χ4n) is 6.27. The van der Waals surface area contributed by atoms with Crippen LogP contribution in [0.5, 0.6) is 5.75 Å². The number of thioether (sulfide) groups is 1. The molecule has 0 aliphatic carbocycles. The molecule has 2 aliphatic heterocycles. The summed E-state index contributed by atoms with van der Waals surface area (Å²) in [7, 11) is 1.44. The molecule has 0 saturated carbocycles. The van der Waals surface area contributed by atoms with E-state index in [1.54, 1.807) is 30.3 Å². The molecule has 8 nitrogen and oxygen atoms in total. The Hall–Kier alpha value is -4.88. The predicted molar refractivity (Wildman–Crippen MR) is 173 cm³/mol. The zero-order valence-electron chi connectivity index (χ0n) is 24.5. The highest BCUT2D eigenvalue weighted by Crippen LogP contribution is 2.55. The topological polar surface area (TPSA) is 97.7 Å². The number of carbonyl (C=O) groups excluding carboxylic acids is 3. The van der Waals surface area contributed by atoms with E-state index in [0.717, 1.165) is 46.0 Å². The molecule has 0 spiro atoms. The third kappa shape index (κ3) is 5.28. The van der Waals surface area contributed by atoms with E-state index < -0.39 is 57.1 Å². The second kappa shape index (κ2) is 11.7. The molecule has 0 radical (unpaired) electrons. The maximum absolute atomic E-state index is 14.1. The van der Waals surface area contributed by atoms with E-state index >= 15 is 0 Å². The Bertz CT molecular complexity index is 2140. The van der Waals surface area contributed by atoms with Crippen molar-refractivity contribution in [1.82, 2.24) is 4.57 Å². The number of nitrogens with zero attached hydrogens (tertiary/aromatic N) is 2. The van der Waals surface area contributed by atoms with Crippen molar-refractivity contribution in [2.75, 3.05) is 17.3 Å². The van der Waals surface area contributed by atoms with E-state index in [9.17, 15) is 32.3 Å². The Morgan fingerprint density at radius 2 is 1.60 bits per heavy atom. The van der Waals surface area contributed by atoms with Crippen LogP contribution in [0.25, 0.3) is 10.8 Å². The minimum absolute atomic E-state index is 0.304. The van der Waals surface area contributed by atoms with Gasteiger partial charge >= 0.3 is 11.0 Å². The Labute approximate surface area is 273 Å². The number of amides is 3. The molecule has 2 unspecified atom stereocenters. The standard InChI is InChI=1S/C34H24F3N3O5S2/c1-45-24-13-7-4-10-21(24)26-27-28(31(43)40(30(27)42)23-12-6-5-11-22(23)34(35,36)37)46-32-29(26)47-33(44)39(32)17-25(41)38-20-15-14-18-8-2-3-9-19(18)16-20/h2-16,26-28H,17H2,1H3,(H,38,41)/t26-,27?,28?/m1/s1. The lowest BCUT2D eigenvalue weighted by molar-refractivity contribution is -0.137. The van der Waals surface area contributed by atoms with Crippen LogP contribution >= 0.6 is 23.1 Å². The molecule has 2 aliphatic rings. The smallest absolute Gasteiger partial charge is 0.418 e. The molecule has 238 valence electrons. The maximum atomic E-state index is 14.1. The molecule has 0 bridgehead atoms. The van der Waals surface area contributed by atoms with Crippen molar-refractivity contribution in [2.45, 2.75) is 28.9 Å². The van der Waals surface area contributed by atoms with E-state index in [1.165, 1.54) is 23.8 Å². The highest BCUT2D eigenvalue weighted by molar-refractivity contribution is 8.00. The fraction of sp³-hybridized carbons (Fsp3) is 0.176. The summed E-state index contributed by atoms with van der Waals surface area (Å²) in [4.78, 5) is 55.4. The average Bonchev–Trinajstić information content (AvgIpc) is 3.50. The van der Waals surface area contributed by atoms with Crippen LogP contribution in [0, 0.1) is 5.92 Å². The van der Waals surface area contributed by atoms with Crippen molar-refractivity contribution in [3.8, 4) is 5.75 Å². The van der Waals surface area contributed by atoms with Gasteiger partial charge in [-0.15, -0.1) is 0 Å². The van der Waals surface area contributed by atoms with E-state index in [-0.39, 0.29) is 6.54 Å². The lowest BCUT2D eigenvalue weighted by atomic mass is 9.82. The summed E-state index contributed by atoms with van der Waals surface area (Å²) in [6.45, 7) is -0.386. The molecular formula is C34H24F3N3O5S2. The van der Waals surface area contributed by atoms with Gasteiger partial charge in [0.2, 0.25) is 17.7 Å². The number of carbonyl (C=O) groups is 3. The minimum atomic E-state index is -4.82. The Kier molecular flexibility index (Phi) is 7.68. The molecule has 47 heavy (non-hydrogen) atoms. The Balaban J connectivity index is 1.30. The van der Waals surface area contributed by atoms with Crippen molar-refractivity contribution in [2.24, 2.45) is 5.92 Å². The number of methoxy groups -OCH3 is 1. The highest BCUT2D eigenvalue weighted by atomic mass is 32.2. The van der Waals surface area contributed by atoms with Crippen LogP contribution < -0.4 is 19.8 Å². The quantitative estimate of drug-likeness (QED) is 0.206. The number of hydrogen-bond donors (Lipinski definition) is 1. The molecule has 13 heteroatoms. The molecule has 5 aromatic rings. The van der Waals surface area contributed by atoms with Crippen molar-refractivity contribution in [1.29, 1.82) is 0 Å². The second-order valence-corrected chi connectivity index (χ2v) is 13.2. The van der Waals surface area contributed by atoms with Gasteiger partial charge in [-0.3, -0.25) is 23.7 Å². The lowest BCUT2D eigenvalue weighted by Gasteiger charge is -2.31. The predicted octanol–water partition coefficient (Wildman–Crippen LogP) is 6.52. The van der Waals surface area contributed by atoms with Crippen LogP contribution in [-0.4, -0.2) is 34.6 Å². The molecule has 1 aromatic heterocycles. The molecule has 7 rings (SSSR count). The highest BCUT2D eigenvalue weighted by Gasteiger charge is 2.58. The van der Waals surface area contributed by atoms with Crippen molar-refractivity contribution in [3.05, 3.63) is 117 Å². The lowest BCUT2D eigenvalue weighted by Crippen LogP contribution is -2.33. The zero-order chi connectivity index (χ0) is 33.0. The molecular weight excluding hydrogens is 652 g/mol. The van der Waals surface area contributed by atoms with Gasteiger partial charge in [-0.1, -0.05) is 83.8 Å². The number of fused-ring (bicyclic) bond motifs is 3. The van der Waals surface area contributed by atoms with E-state index in [2.05, 4.69) is 5.32 Å². The van der Waals surface area contributed by atoms with Gasteiger partial charge in [0.1, 0.15) is 17.5 Å².